The maximum absolute atomic E-state index is 11.3. The standard InChI is InChI=1S/C11H21N3O2/c1-5-6-12-10(15)8-13-9(2)7-11(16)14(3)4/h5,9,13H,1,6-8H2,2-4H3,(H,12,15). The van der Waals surface area contributed by atoms with Gasteiger partial charge in [-0.05, 0) is 6.92 Å². The summed E-state index contributed by atoms with van der Waals surface area (Å²) in [6.07, 6.45) is 2.01. The van der Waals surface area contributed by atoms with E-state index in [1.807, 2.05) is 6.92 Å². The Balaban J connectivity index is 3.72. The van der Waals surface area contributed by atoms with E-state index in [2.05, 4.69) is 17.2 Å². The second-order valence-electron chi connectivity index (χ2n) is 3.87. The molecular formula is C11H21N3O2. The first-order chi connectivity index (χ1) is 7.47. The van der Waals surface area contributed by atoms with Crippen molar-refractivity contribution >= 4 is 11.8 Å². The molecule has 0 aliphatic heterocycles. The van der Waals surface area contributed by atoms with Crippen molar-refractivity contribution in [2.24, 2.45) is 0 Å². The van der Waals surface area contributed by atoms with E-state index in [1.54, 1.807) is 20.2 Å². The Morgan fingerprint density at radius 1 is 1.44 bits per heavy atom. The molecular weight excluding hydrogens is 206 g/mol. The van der Waals surface area contributed by atoms with Crippen molar-refractivity contribution in [3.05, 3.63) is 12.7 Å². The van der Waals surface area contributed by atoms with Crippen LogP contribution in [-0.4, -0.2) is 49.9 Å². The van der Waals surface area contributed by atoms with Crippen LogP contribution in [0.4, 0.5) is 0 Å². The molecule has 0 rings (SSSR count). The molecule has 16 heavy (non-hydrogen) atoms. The molecule has 0 aromatic carbocycles. The summed E-state index contributed by atoms with van der Waals surface area (Å²) in [7, 11) is 3.43. The lowest BCUT2D eigenvalue weighted by Crippen LogP contribution is -2.40. The van der Waals surface area contributed by atoms with Crippen molar-refractivity contribution in [1.29, 1.82) is 0 Å². The lowest BCUT2D eigenvalue weighted by atomic mass is 10.2. The van der Waals surface area contributed by atoms with E-state index in [0.717, 1.165) is 0 Å². The summed E-state index contributed by atoms with van der Waals surface area (Å²) < 4.78 is 0. The van der Waals surface area contributed by atoms with Gasteiger partial charge < -0.3 is 15.5 Å². The Labute approximate surface area is 96.9 Å². The first-order valence-electron chi connectivity index (χ1n) is 5.28. The monoisotopic (exact) mass is 227 g/mol. The molecule has 1 unspecified atom stereocenters. The molecule has 5 nitrogen and oxygen atoms in total. The maximum atomic E-state index is 11.3. The van der Waals surface area contributed by atoms with Crippen molar-refractivity contribution in [3.63, 3.8) is 0 Å². The molecule has 0 heterocycles. The van der Waals surface area contributed by atoms with Gasteiger partial charge in [0.1, 0.15) is 0 Å². The van der Waals surface area contributed by atoms with Crippen LogP contribution in [0.1, 0.15) is 13.3 Å². The van der Waals surface area contributed by atoms with Crippen LogP contribution in [0, 0.1) is 0 Å². The normalized spacial score (nSPS) is 11.7. The average molecular weight is 227 g/mol. The van der Waals surface area contributed by atoms with Crippen LogP contribution in [0.25, 0.3) is 0 Å². The van der Waals surface area contributed by atoms with Gasteiger partial charge in [0.2, 0.25) is 11.8 Å². The fourth-order valence-electron chi connectivity index (χ4n) is 1.03. The topological polar surface area (TPSA) is 61.4 Å². The SMILES string of the molecule is C=CCNC(=O)CNC(C)CC(=O)N(C)C. The minimum atomic E-state index is -0.0935. The molecule has 0 aromatic heterocycles. The van der Waals surface area contributed by atoms with Gasteiger partial charge in [-0.3, -0.25) is 9.59 Å². The Kier molecular flexibility index (Phi) is 7.20. The lowest BCUT2D eigenvalue weighted by Gasteiger charge is -2.16. The van der Waals surface area contributed by atoms with Crippen molar-refractivity contribution in [1.82, 2.24) is 15.5 Å². The van der Waals surface area contributed by atoms with Crippen LogP contribution >= 0.6 is 0 Å². The fraction of sp³-hybridized carbons (Fsp3) is 0.636. The zero-order valence-electron chi connectivity index (χ0n) is 10.2. The van der Waals surface area contributed by atoms with Crippen LogP contribution in [-0.2, 0) is 9.59 Å². The summed E-state index contributed by atoms with van der Waals surface area (Å²) in [5.41, 5.74) is 0. The molecule has 5 heteroatoms. The molecule has 0 spiro atoms. The number of nitrogens with zero attached hydrogens (tertiary/aromatic N) is 1. The molecule has 0 saturated carbocycles. The highest BCUT2D eigenvalue weighted by Crippen LogP contribution is 1.93. The number of amides is 2. The zero-order chi connectivity index (χ0) is 12.6. The number of carbonyl (C=O) groups excluding carboxylic acids is 2. The molecule has 0 fully saturated rings. The Morgan fingerprint density at radius 3 is 2.56 bits per heavy atom. The molecule has 2 amide bonds. The van der Waals surface area contributed by atoms with E-state index in [1.165, 1.54) is 4.90 Å². The second kappa shape index (κ2) is 7.87. The first-order valence-corrected chi connectivity index (χ1v) is 5.28. The summed E-state index contributed by atoms with van der Waals surface area (Å²) >= 11 is 0. The van der Waals surface area contributed by atoms with Crippen LogP contribution in [0.5, 0.6) is 0 Å². The van der Waals surface area contributed by atoms with Gasteiger partial charge in [0.25, 0.3) is 0 Å². The van der Waals surface area contributed by atoms with E-state index >= 15 is 0 Å². The van der Waals surface area contributed by atoms with Gasteiger partial charge in [0.05, 0.1) is 6.54 Å². The van der Waals surface area contributed by atoms with Gasteiger partial charge in [-0.1, -0.05) is 6.08 Å². The summed E-state index contributed by atoms with van der Waals surface area (Å²) in [6.45, 7) is 6.06. The Bertz CT molecular complexity index is 252. The van der Waals surface area contributed by atoms with Gasteiger partial charge >= 0.3 is 0 Å². The van der Waals surface area contributed by atoms with Crippen LogP contribution in [0.15, 0.2) is 12.7 Å². The Morgan fingerprint density at radius 2 is 2.06 bits per heavy atom. The minimum absolute atomic E-state index is 0.00983. The van der Waals surface area contributed by atoms with E-state index < -0.39 is 0 Å². The quantitative estimate of drug-likeness (QED) is 0.589. The molecule has 0 bridgehead atoms. The van der Waals surface area contributed by atoms with Gasteiger partial charge in [-0.2, -0.15) is 0 Å². The number of rotatable bonds is 7. The number of hydrogen-bond acceptors (Lipinski definition) is 3. The first kappa shape index (κ1) is 14.6. The van der Waals surface area contributed by atoms with E-state index in [0.29, 0.717) is 13.0 Å². The summed E-state index contributed by atoms with van der Waals surface area (Å²) in [5, 5.41) is 5.63. The fourth-order valence-corrected chi connectivity index (χ4v) is 1.03. The van der Waals surface area contributed by atoms with Crippen molar-refractivity contribution < 1.29 is 9.59 Å². The van der Waals surface area contributed by atoms with Crippen molar-refractivity contribution in [2.45, 2.75) is 19.4 Å². The van der Waals surface area contributed by atoms with Gasteiger partial charge in [0, 0.05) is 33.1 Å². The van der Waals surface area contributed by atoms with Crippen molar-refractivity contribution in [2.75, 3.05) is 27.2 Å². The number of nitrogens with one attached hydrogen (secondary N) is 2. The van der Waals surface area contributed by atoms with Crippen molar-refractivity contribution in [3.8, 4) is 0 Å². The van der Waals surface area contributed by atoms with Gasteiger partial charge in [-0.15, -0.1) is 6.58 Å². The van der Waals surface area contributed by atoms with Gasteiger partial charge in [-0.25, -0.2) is 0 Å². The molecule has 2 N–H and O–H groups in total. The van der Waals surface area contributed by atoms with Gasteiger partial charge in [0.15, 0.2) is 0 Å². The predicted octanol–water partition coefficient (Wildman–Crippen LogP) is -0.255. The molecule has 1 atom stereocenters. The van der Waals surface area contributed by atoms with Crippen LogP contribution in [0.3, 0.4) is 0 Å². The number of hydrogen-bond donors (Lipinski definition) is 2. The molecule has 0 aliphatic rings. The van der Waals surface area contributed by atoms with E-state index in [9.17, 15) is 9.59 Å². The molecule has 0 aromatic rings. The molecule has 0 saturated heterocycles. The maximum Gasteiger partial charge on any atom is 0.234 e. The zero-order valence-corrected chi connectivity index (χ0v) is 10.2. The third-order valence-electron chi connectivity index (χ3n) is 2.03. The second-order valence-corrected chi connectivity index (χ2v) is 3.87. The van der Waals surface area contributed by atoms with Crippen LogP contribution in [0.2, 0.25) is 0 Å². The average Bonchev–Trinajstić information content (AvgIpc) is 2.23. The summed E-state index contributed by atoms with van der Waals surface area (Å²) in [6, 6.07) is -0.00983. The third-order valence-corrected chi connectivity index (χ3v) is 2.03. The predicted molar refractivity (Wildman–Crippen MR) is 64.0 cm³/mol. The Hall–Kier alpha value is -1.36. The molecule has 0 radical (unpaired) electrons. The minimum Gasteiger partial charge on any atom is -0.352 e. The largest absolute Gasteiger partial charge is 0.352 e. The highest BCUT2D eigenvalue weighted by Gasteiger charge is 2.11. The van der Waals surface area contributed by atoms with E-state index in [4.69, 9.17) is 0 Å². The smallest absolute Gasteiger partial charge is 0.234 e. The molecule has 0 aliphatic carbocycles. The summed E-state index contributed by atoms with van der Waals surface area (Å²) in [5.74, 6) is -0.0458. The summed E-state index contributed by atoms with van der Waals surface area (Å²) in [4.78, 5) is 24.1. The lowest BCUT2D eigenvalue weighted by molar-refractivity contribution is -0.129. The number of carbonyl (C=O) groups is 2. The highest BCUT2D eigenvalue weighted by atomic mass is 16.2. The third kappa shape index (κ3) is 7.00. The molecule has 92 valence electrons. The van der Waals surface area contributed by atoms with E-state index in [-0.39, 0.29) is 24.4 Å². The van der Waals surface area contributed by atoms with Crippen LogP contribution < -0.4 is 10.6 Å². The highest BCUT2D eigenvalue weighted by molar-refractivity contribution is 5.78.